The Bertz CT molecular complexity index is 587. The molecule has 0 saturated heterocycles. The van der Waals surface area contributed by atoms with Gasteiger partial charge in [-0.2, -0.15) is 5.26 Å². The Balaban J connectivity index is 2.32. The molecule has 0 aliphatic carbocycles. The van der Waals surface area contributed by atoms with Crippen LogP contribution in [0.25, 0.3) is 0 Å². The summed E-state index contributed by atoms with van der Waals surface area (Å²) in [5.74, 6) is -1.00. The fraction of sp³-hybridized carbons (Fsp3) is 0.0714. The molecule has 0 unspecified atom stereocenters. The monoisotopic (exact) mass is 227 g/mol. The summed E-state index contributed by atoms with van der Waals surface area (Å²) in [4.78, 5) is 0. The molecule has 3 heteroatoms. The zero-order chi connectivity index (χ0) is 12.3. The van der Waals surface area contributed by atoms with Gasteiger partial charge in [0, 0.05) is 0 Å². The fourth-order valence-corrected chi connectivity index (χ4v) is 1.67. The van der Waals surface area contributed by atoms with Gasteiger partial charge in [-0.25, -0.2) is 4.39 Å². The van der Waals surface area contributed by atoms with Crippen LogP contribution in [-0.2, 0) is 6.42 Å². The number of benzene rings is 2. The van der Waals surface area contributed by atoms with E-state index < -0.39 is 5.82 Å². The van der Waals surface area contributed by atoms with Crippen LogP contribution < -0.4 is 0 Å². The first-order chi connectivity index (χ1) is 8.20. The topological polar surface area (TPSA) is 44.0 Å². The number of nitriles is 1. The van der Waals surface area contributed by atoms with Gasteiger partial charge >= 0.3 is 0 Å². The number of phenolic OH excluding ortho intramolecular Hbond substituents is 1. The molecular formula is C14H10FNO. The van der Waals surface area contributed by atoms with Crippen molar-refractivity contribution in [2.24, 2.45) is 0 Å². The van der Waals surface area contributed by atoms with E-state index in [1.165, 1.54) is 12.1 Å². The highest BCUT2D eigenvalue weighted by Crippen LogP contribution is 2.20. The maximum Gasteiger partial charge on any atom is 0.164 e. The molecule has 2 aromatic rings. The molecule has 0 aliphatic heterocycles. The van der Waals surface area contributed by atoms with Gasteiger partial charge < -0.3 is 5.11 Å². The first-order valence-corrected chi connectivity index (χ1v) is 5.16. The van der Waals surface area contributed by atoms with Crippen molar-refractivity contribution in [3.8, 4) is 11.8 Å². The van der Waals surface area contributed by atoms with Crippen molar-refractivity contribution < 1.29 is 9.50 Å². The van der Waals surface area contributed by atoms with Crippen LogP contribution in [-0.4, -0.2) is 5.11 Å². The van der Waals surface area contributed by atoms with Crippen molar-refractivity contribution in [2.45, 2.75) is 6.42 Å². The molecule has 0 amide bonds. The van der Waals surface area contributed by atoms with Crippen LogP contribution in [0.2, 0.25) is 0 Å². The van der Waals surface area contributed by atoms with Crippen molar-refractivity contribution >= 4 is 0 Å². The van der Waals surface area contributed by atoms with Crippen LogP contribution >= 0.6 is 0 Å². The van der Waals surface area contributed by atoms with E-state index in [2.05, 4.69) is 6.07 Å². The maximum absolute atomic E-state index is 12.9. The SMILES string of the molecule is N#Cc1ccccc1Cc1ccc(F)c(O)c1. The van der Waals surface area contributed by atoms with Crippen LogP contribution in [0.15, 0.2) is 42.5 Å². The highest BCUT2D eigenvalue weighted by atomic mass is 19.1. The zero-order valence-electron chi connectivity index (χ0n) is 9.02. The van der Waals surface area contributed by atoms with E-state index in [1.807, 2.05) is 12.1 Å². The Labute approximate surface area is 98.6 Å². The van der Waals surface area contributed by atoms with Gasteiger partial charge in [0.2, 0.25) is 0 Å². The number of hydrogen-bond acceptors (Lipinski definition) is 2. The maximum atomic E-state index is 12.9. The number of hydrogen-bond donors (Lipinski definition) is 1. The Kier molecular flexibility index (Phi) is 3.06. The first-order valence-electron chi connectivity index (χ1n) is 5.16. The van der Waals surface area contributed by atoms with E-state index in [0.29, 0.717) is 12.0 Å². The number of rotatable bonds is 2. The van der Waals surface area contributed by atoms with Crippen LogP contribution in [0.4, 0.5) is 4.39 Å². The third-order valence-electron chi connectivity index (χ3n) is 2.54. The number of nitrogens with zero attached hydrogens (tertiary/aromatic N) is 1. The minimum atomic E-state index is -0.637. The Morgan fingerprint density at radius 3 is 2.65 bits per heavy atom. The summed E-state index contributed by atoms with van der Waals surface area (Å²) in [6.45, 7) is 0. The van der Waals surface area contributed by atoms with E-state index in [-0.39, 0.29) is 5.75 Å². The highest BCUT2D eigenvalue weighted by Gasteiger charge is 2.05. The second-order valence-electron chi connectivity index (χ2n) is 3.73. The lowest BCUT2D eigenvalue weighted by molar-refractivity contribution is 0.432. The van der Waals surface area contributed by atoms with Gasteiger partial charge in [0.15, 0.2) is 11.6 Å². The molecule has 0 atom stereocenters. The standard InChI is InChI=1S/C14H10FNO/c15-13-6-5-10(8-14(13)17)7-11-3-1-2-4-12(11)9-16/h1-6,8,17H,7H2. The number of halogens is 1. The Morgan fingerprint density at radius 2 is 1.94 bits per heavy atom. The lowest BCUT2D eigenvalue weighted by Crippen LogP contribution is -1.92. The predicted molar refractivity (Wildman–Crippen MR) is 62.0 cm³/mol. The quantitative estimate of drug-likeness (QED) is 0.857. The van der Waals surface area contributed by atoms with Crippen LogP contribution in [0.5, 0.6) is 5.75 Å². The normalized spacial score (nSPS) is 9.88. The molecule has 0 saturated carbocycles. The minimum Gasteiger partial charge on any atom is -0.505 e. The highest BCUT2D eigenvalue weighted by molar-refractivity contribution is 5.41. The van der Waals surface area contributed by atoms with Crippen molar-refractivity contribution in [3.63, 3.8) is 0 Å². The Hall–Kier alpha value is -2.34. The van der Waals surface area contributed by atoms with Crippen LogP contribution in [0, 0.1) is 17.1 Å². The van der Waals surface area contributed by atoms with Gasteiger partial charge in [-0.15, -0.1) is 0 Å². The van der Waals surface area contributed by atoms with Gasteiger partial charge in [-0.05, 0) is 35.7 Å². The van der Waals surface area contributed by atoms with Crippen LogP contribution in [0.3, 0.4) is 0 Å². The predicted octanol–water partition coefficient (Wildman–Crippen LogP) is 2.99. The number of aromatic hydroxyl groups is 1. The molecule has 0 radical (unpaired) electrons. The summed E-state index contributed by atoms with van der Waals surface area (Å²) in [5.41, 5.74) is 2.23. The summed E-state index contributed by atoms with van der Waals surface area (Å²) in [7, 11) is 0. The molecule has 1 N–H and O–H groups in total. The van der Waals surface area contributed by atoms with Crippen molar-refractivity contribution in [2.75, 3.05) is 0 Å². The second kappa shape index (κ2) is 4.67. The summed E-state index contributed by atoms with van der Waals surface area (Å²) in [5, 5.41) is 18.2. The molecule has 17 heavy (non-hydrogen) atoms. The number of phenols is 1. The molecule has 0 bridgehead atoms. The molecular weight excluding hydrogens is 217 g/mol. The van der Waals surface area contributed by atoms with Gasteiger partial charge in [-0.1, -0.05) is 24.3 Å². The van der Waals surface area contributed by atoms with Crippen molar-refractivity contribution in [1.29, 1.82) is 5.26 Å². The smallest absolute Gasteiger partial charge is 0.164 e. The van der Waals surface area contributed by atoms with Gasteiger partial charge in [0.05, 0.1) is 11.6 Å². The summed E-state index contributed by atoms with van der Waals surface area (Å²) >= 11 is 0. The van der Waals surface area contributed by atoms with Gasteiger partial charge in [-0.3, -0.25) is 0 Å². The van der Waals surface area contributed by atoms with E-state index in [9.17, 15) is 9.50 Å². The van der Waals surface area contributed by atoms with E-state index in [1.54, 1.807) is 18.2 Å². The molecule has 0 aliphatic rings. The average Bonchev–Trinajstić information content (AvgIpc) is 2.34. The third kappa shape index (κ3) is 2.43. The van der Waals surface area contributed by atoms with E-state index >= 15 is 0 Å². The van der Waals surface area contributed by atoms with Crippen molar-refractivity contribution in [1.82, 2.24) is 0 Å². The molecule has 2 aromatic carbocycles. The third-order valence-corrected chi connectivity index (χ3v) is 2.54. The van der Waals surface area contributed by atoms with Gasteiger partial charge in [0.25, 0.3) is 0 Å². The lowest BCUT2D eigenvalue weighted by atomic mass is 10.0. The molecule has 0 spiro atoms. The second-order valence-corrected chi connectivity index (χ2v) is 3.73. The Morgan fingerprint density at radius 1 is 1.18 bits per heavy atom. The molecule has 0 aromatic heterocycles. The zero-order valence-corrected chi connectivity index (χ0v) is 9.02. The molecule has 0 heterocycles. The average molecular weight is 227 g/mol. The van der Waals surface area contributed by atoms with E-state index in [4.69, 9.17) is 5.26 Å². The largest absolute Gasteiger partial charge is 0.505 e. The minimum absolute atomic E-state index is 0.364. The first kappa shape index (κ1) is 11.2. The summed E-state index contributed by atoms with van der Waals surface area (Å²) in [6.07, 6.45) is 0.498. The molecule has 0 fully saturated rings. The molecule has 2 rings (SSSR count). The van der Waals surface area contributed by atoms with E-state index in [0.717, 1.165) is 11.1 Å². The molecule has 2 nitrogen and oxygen atoms in total. The van der Waals surface area contributed by atoms with Crippen LogP contribution in [0.1, 0.15) is 16.7 Å². The lowest BCUT2D eigenvalue weighted by Gasteiger charge is -2.05. The summed E-state index contributed by atoms with van der Waals surface area (Å²) in [6, 6.07) is 13.5. The fourth-order valence-electron chi connectivity index (χ4n) is 1.67. The molecule has 84 valence electrons. The van der Waals surface area contributed by atoms with Crippen molar-refractivity contribution in [3.05, 3.63) is 65.0 Å². The van der Waals surface area contributed by atoms with Gasteiger partial charge in [0.1, 0.15) is 0 Å². The summed E-state index contributed by atoms with van der Waals surface area (Å²) < 4.78 is 12.9.